The summed E-state index contributed by atoms with van der Waals surface area (Å²) < 4.78 is 15.1. The van der Waals surface area contributed by atoms with Gasteiger partial charge in [-0.05, 0) is 49.2 Å². The van der Waals surface area contributed by atoms with Gasteiger partial charge in [0.2, 0.25) is 5.78 Å². The Morgan fingerprint density at radius 3 is 2.63 bits per heavy atom. The second kappa shape index (κ2) is 8.51. The lowest BCUT2D eigenvalue weighted by atomic mass is 9.94. The van der Waals surface area contributed by atoms with Gasteiger partial charge in [0.15, 0.2) is 5.16 Å². The number of thioether (sulfide) groups is 1. The van der Waals surface area contributed by atoms with Crippen molar-refractivity contribution >= 4 is 39.1 Å². The molecule has 7 nitrogen and oxygen atoms in total. The molecule has 35 heavy (non-hydrogen) atoms. The van der Waals surface area contributed by atoms with E-state index in [0.717, 1.165) is 43.0 Å². The Morgan fingerprint density at radius 2 is 1.89 bits per heavy atom. The van der Waals surface area contributed by atoms with Crippen LogP contribution >= 0.6 is 23.1 Å². The number of hydrogen-bond donors (Lipinski definition) is 0. The summed E-state index contributed by atoms with van der Waals surface area (Å²) in [6.07, 6.45) is 0.681. The molecule has 0 amide bonds. The number of rotatable bonds is 5. The quantitative estimate of drug-likeness (QED) is 0.305. The first-order valence-electron chi connectivity index (χ1n) is 11.3. The Hall–Kier alpha value is -3.14. The molecule has 6 rings (SSSR count). The lowest BCUT2D eigenvalue weighted by Crippen LogP contribution is -2.32. The zero-order valence-electron chi connectivity index (χ0n) is 19.6. The van der Waals surface area contributed by atoms with Gasteiger partial charge in [0.25, 0.3) is 5.56 Å². The lowest BCUT2D eigenvalue weighted by Gasteiger charge is -2.29. The van der Waals surface area contributed by atoms with Crippen molar-refractivity contribution in [2.24, 2.45) is 0 Å². The van der Waals surface area contributed by atoms with E-state index in [9.17, 15) is 4.79 Å². The average Bonchev–Trinajstić information content (AvgIpc) is 3.44. The molecule has 1 aliphatic heterocycles. The van der Waals surface area contributed by atoms with Crippen molar-refractivity contribution in [1.82, 2.24) is 19.2 Å². The molecule has 0 spiro atoms. The minimum atomic E-state index is -0.328. The minimum Gasteiger partial charge on any atom is -0.497 e. The SMILES string of the molecule is COc1ccc(-n2c(=O)c3c4c(sc3n3c(SCc5ccccc5)nnc23)COC(C)(C)C4)cc1. The van der Waals surface area contributed by atoms with Gasteiger partial charge < -0.3 is 9.47 Å². The maximum Gasteiger partial charge on any atom is 0.268 e. The Balaban J connectivity index is 1.60. The van der Waals surface area contributed by atoms with Crippen LogP contribution in [0.3, 0.4) is 0 Å². The summed E-state index contributed by atoms with van der Waals surface area (Å²) in [5.74, 6) is 1.99. The number of thiophene rings is 1. The third-order valence-corrected chi connectivity index (χ3v) is 8.44. The highest BCUT2D eigenvalue weighted by Gasteiger charge is 2.32. The van der Waals surface area contributed by atoms with Crippen LogP contribution in [0.5, 0.6) is 5.75 Å². The molecule has 0 saturated carbocycles. The van der Waals surface area contributed by atoms with Crippen LogP contribution in [0.4, 0.5) is 0 Å². The predicted octanol–water partition coefficient (Wildman–Crippen LogP) is 5.25. The highest BCUT2D eigenvalue weighted by atomic mass is 32.2. The molecule has 5 aromatic rings. The maximum atomic E-state index is 14.0. The highest BCUT2D eigenvalue weighted by molar-refractivity contribution is 7.98. The molecule has 0 bridgehead atoms. The van der Waals surface area contributed by atoms with E-state index in [1.54, 1.807) is 34.8 Å². The normalized spacial score (nSPS) is 14.9. The van der Waals surface area contributed by atoms with E-state index in [2.05, 4.69) is 36.2 Å². The van der Waals surface area contributed by atoms with Crippen LogP contribution in [-0.4, -0.2) is 31.9 Å². The predicted molar refractivity (Wildman–Crippen MR) is 139 cm³/mol. The Bertz CT molecular complexity index is 1600. The van der Waals surface area contributed by atoms with Crippen LogP contribution in [-0.2, 0) is 23.5 Å². The van der Waals surface area contributed by atoms with E-state index >= 15 is 0 Å². The largest absolute Gasteiger partial charge is 0.497 e. The van der Waals surface area contributed by atoms with E-state index in [4.69, 9.17) is 9.47 Å². The van der Waals surface area contributed by atoms with E-state index in [-0.39, 0.29) is 11.2 Å². The molecule has 0 aliphatic carbocycles. The smallest absolute Gasteiger partial charge is 0.268 e. The third-order valence-electron chi connectivity index (χ3n) is 6.25. The number of aromatic nitrogens is 4. The first kappa shape index (κ1) is 22.3. The molecule has 1 aliphatic rings. The van der Waals surface area contributed by atoms with Crippen molar-refractivity contribution in [1.29, 1.82) is 0 Å². The van der Waals surface area contributed by atoms with Gasteiger partial charge >= 0.3 is 0 Å². The third kappa shape index (κ3) is 3.84. The van der Waals surface area contributed by atoms with E-state index in [0.29, 0.717) is 18.8 Å². The Labute approximate surface area is 210 Å². The molecule has 178 valence electrons. The summed E-state index contributed by atoms with van der Waals surface area (Å²) in [5, 5.41) is 10.5. The highest BCUT2D eigenvalue weighted by Crippen LogP contribution is 2.39. The van der Waals surface area contributed by atoms with Crippen molar-refractivity contribution in [2.75, 3.05) is 7.11 Å². The van der Waals surface area contributed by atoms with Crippen LogP contribution in [0.2, 0.25) is 0 Å². The maximum absolute atomic E-state index is 14.0. The fourth-order valence-corrected chi connectivity index (χ4v) is 6.65. The summed E-state index contributed by atoms with van der Waals surface area (Å²) in [5.41, 5.74) is 2.59. The molecule has 0 N–H and O–H groups in total. The van der Waals surface area contributed by atoms with E-state index < -0.39 is 0 Å². The van der Waals surface area contributed by atoms with E-state index in [1.165, 1.54) is 5.56 Å². The van der Waals surface area contributed by atoms with Crippen LogP contribution < -0.4 is 10.3 Å². The lowest BCUT2D eigenvalue weighted by molar-refractivity contribution is -0.0379. The van der Waals surface area contributed by atoms with Crippen LogP contribution in [0, 0.1) is 0 Å². The van der Waals surface area contributed by atoms with Gasteiger partial charge in [-0.1, -0.05) is 42.1 Å². The molecular formula is C26H24N4O3S2. The standard InChI is InChI=1S/C26H24N4O3S2/c1-26(2)13-19-20(14-33-26)35-23-21(19)22(31)29(17-9-11-18(32-3)12-10-17)24-27-28-25(30(23)24)34-15-16-7-5-4-6-8-16/h4-12H,13-15H2,1-3H3. The van der Waals surface area contributed by atoms with Crippen LogP contribution in [0.1, 0.15) is 29.9 Å². The van der Waals surface area contributed by atoms with Crippen LogP contribution in [0.25, 0.3) is 21.7 Å². The number of fused-ring (bicyclic) bond motifs is 5. The monoisotopic (exact) mass is 504 g/mol. The average molecular weight is 505 g/mol. The zero-order valence-corrected chi connectivity index (χ0v) is 21.3. The first-order chi connectivity index (χ1) is 16.9. The molecule has 0 unspecified atom stereocenters. The molecule has 3 aromatic heterocycles. The number of hydrogen-bond acceptors (Lipinski definition) is 7. The van der Waals surface area contributed by atoms with Gasteiger partial charge in [0.05, 0.1) is 30.4 Å². The minimum absolute atomic E-state index is 0.0834. The molecular weight excluding hydrogens is 480 g/mol. The van der Waals surface area contributed by atoms with Gasteiger partial charge in [0, 0.05) is 17.1 Å². The van der Waals surface area contributed by atoms with Gasteiger partial charge in [-0.2, -0.15) is 0 Å². The summed E-state index contributed by atoms with van der Waals surface area (Å²) in [6, 6.07) is 17.7. The van der Waals surface area contributed by atoms with Crippen molar-refractivity contribution in [3.8, 4) is 11.4 Å². The second-order valence-electron chi connectivity index (χ2n) is 9.14. The van der Waals surface area contributed by atoms with Crippen molar-refractivity contribution in [3.05, 3.63) is 81.0 Å². The van der Waals surface area contributed by atoms with Crippen molar-refractivity contribution in [3.63, 3.8) is 0 Å². The number of benzene rings is 2. The Morgan fingerprint density at radius 1 is 1.11 bits per heavy atom. The zero-order chi connectivity index (χ0) is 24.2. The molecule has 0 fully saturated rings. The van der Waals surface area contributed by atoms with E-state index in [1.807, 2.05) is 46.9 Å². The topological polar surface area (TPSA) is 70.7 Å². The van der Waals surface area contributed by atoms with Crippen LogP contribution in [0.15, 0.2) is 64.5 Å². The number of methoxy groups -OCH3 is 1. The summed E-state index contributed by atoms with van der Waals surface area (Å²) >= 11 is 3.22. The Kier molecular flexibility index (Phi) is 5.43. The van der Waals surface area contributed by atoms with Gasteiger partial charge in [0.1, 0.15) is 10.6 Å². The molecule has 0 radical (unpaired) electrons. The summed E-state index contributed by atoms with van der Waals surface area (Å²) in [6.45, 7) is 4.64. The number of nitrogens with zero attached hydrogens (tertiary/aromatic N) is 4. The van der Waals surface area contributed by atoms with Gasteiger partial charge in [-0.3, -0.25) is 4.79 Å². The fourth-order valence-electron chi connectivity index (χ4n) is 4.48. The fraction of sp³-hybridized carbons (Fsp3) is 0.269. The summed E-state index contributed by atoms with van der Waals surface area (Å²) in [7, 11) is 1.63. The van der Waals surface area contributed by atoms with Gasteiger partial charge in [-0.15, -0.1) is 21.5 Å². The molecule has 0 atom stereocenters. The van der Waals surface area contributed by atoms with Gasteiger partial charge in [-0.25, -0.2) is 8.97 Å². The molecule has 0 saturated heterocycles. The second-order valence-corrected chi connectivity index (χ2v) is 11.2. The first-order valence-corrected chi connectivity index (χ1v) is 13.1. The van der Waals surface area contributed by atoms with Crippen molar-refractivity contribution in [2.45, 2.75) is 43.4 Å². The van der Waals surface area contributed by atoms with Crippen molar-refractivity contribution < 1.29 is 9.47 Å². The molecule has 9 heteroatoms. The molecule has 2 aromatic carbocycles. The number of ether oxygens (including phenoxy) is 2. The molecule has 4 heterocycles. The summed E-state index contributed by atoms with van der Waals surface area (Å²) in [4.78, 5) is 16.0.